The molecule has 0 radical (unpaired) electrons. The molecule has 2 aliphatic heterocycles. The Morgan fingerprint density at radius 2 is 1.68 bits per heavy atom. The van der Waals surface area contributed by atoms with Crippen LogP contribution in [0.25, 0.3) is 0 Å². The van der Waals surface area contributed by atoms with E-state index in [0.29, 0.717) is 24.7 Å². The molecular formula is C32H31NO4. The van der Waals surface area contributed by atoms with Crippen molar-refractivity contribution in [2.45, 2.75) is 55.6 Å². The number of benzene rings is 3. The standard InChI is InChI=1S/C32H31NO4/c1-30-27(34)15-16-32(36-21-23-11-7-4-8-12-23)26-19-24-13-14-25(35-20-22-9-5-3-6-10-22)29(37-30)28(24)31(30,32)17-18-33(26)2/h3-16,26H,17-21H2,1-2H3/t26-,30+,31+,32-/m1/s1. The molecule has 1 spiro atoms. The summed E-state index contributed by atoms with van der Waals surface area (Å²) in [5, 5.41) is 0. The van der Waals surface area contributed by atoms with E-state index in [2.05, 4.69) is 48.4 Å². The number of hydrogen-bond acceptors (Lipinski definition) is 5. The number of ether oxygens (including phenoxy) is 3. The number of carbonyl (C=O) groups is 1. The number of rotatable bonds is 6. The Morgan fingerprint density at radius 1 is 0.973 bits per heavy atom. The van der Waals surface area contributed by atoms with E-state index in [1.54, 1.807) is 6.08 Å². The van der Waals surface area contributed by atoms with Crippen LogP contribution in [0.5, 0.6) is 11.5 Å². The Bertz CT molecular complexity index is 1400. The molecule has 0 N–H and O–H groups in total. The van der Waals surface area contributed by atoms with Crippen LogP contribution in [0.15, 0.2) is 84.9 Å². The molecule has 2 bridgehead atoms. The predicted molar refractivity (Wildman–Crippen MR) is 141 cm³/mol. The highest BCUT2D eigenvalue weighted by molar-refractivity contribution is 6.02. The molecule has 188 valence electrons. The first-order chi connectivity index (χ1) is 18.0. The Kier molecular flexibility index (Phi) is 4.95. The van der Waals surface area contributed by atoms with Gasteiger partial charge in [-0.2, -0.15) is 0 Å². The van der Waals surface area contributed by atoms with Crippen molar-refractivity contribution >= 4 is 5.78 Å². The van der Waals surface area contributed by atoms with Crippen LogP contribution >= 0.6 is 0 Å². The van der Waals surface area contributed by atoms with Crippen molar-refractivity contribution in [1.29, 1.82) is 0 Å². The van der Waals surface area contributed by atoms with Gasteiger partial charge in [0.2, 0.25) is 0 Å². The molecule has 3 aromatic carbocycles. The SMILES string of the molecule is CN1CC[C@]23c4c5ccc(OCc6ccccc6)c4O[C@@]2(C)C(=O)C=C[C@@]3(OCc2ccccc2)[C@H]1C5. The van der Waals surface area contributed by atoms with Crippen LogP contribution < -0.4 is 9.47 Å². The lowest BCUT2D eigenvalue weighted by atomic mass is 9.47. The molecule has 4 atom stereocenters. The maximum Gasteiger partial charge on any atom is 0.199 e. The first kappa shape index (κ1) is 22.8. The number of piperidine rings is 1. The lowest BCUT2D eigenvalue weighted by Crippen LogP contribution is -2.78. The second-order valence-electron chi connectivity index (χ2n) is 11.0. The van der Waals surface area contributed by atoms with Gasteiger partial charge >= 0.3 is 0 Å². The summed E-state index contributed by atoms with van der Waals surface area (Å²) in [5.41, 5.74) is 2.14. The summed E-state index contributed by atoms with van der Waals surface area (Å²) in [6.07, 6.45) is 5.35. The lowest BCUT2D eigenvalue weighted by molar-refractivity contribution is -0.197. The third-order valence-corrected chi connectivity index (χ3v) is 9.21. The highest BCUT2D eigenvalue weighted by atomic mass is 16.6. The fourth-order valence-corrected chi connectivity index (χ4v) is 7.39. The van der Waals surface area contributed by atoms with E-state index in [0.717, 1.165) is 36.1 Å². The molecule has 5 heteroatoms. The van der Waals surface area contributed by atoms with Gasteiger partial charge in [-0.15, -0.1) is 0 Å². The summed E-state index contributed by atoms with van der Waals surface area (Å²) < 4.78 is 20.2. The zero-order valence-electron chi connectivity index (χ0n) is 21.3. The third kappa shape index (κ3) is 2.95. The van der Waals surface area contributed by atoms with Gasteiger partial charge in [0.25, 0.3) is 0 Å². The Hall–Kier alpha value is -3.41. The van der Waals surface area contributed by atoms with E-state index >= 15 is 0 Å². The van der Waals surface area contributed by atoms with E-state index in [-0.39, 0.29) is 11.8 Å². The largest absolute Gasteiger partial charge is 0.485 e. The van der Waals surface area contributed by atoms with Gasteiger partial charge in [-0.1, -0.05) is 66.7 Å². The summed E-state index contributed by atoms with van der Waals surface area (Å²) in [5.74, 6) is 1.39. The van der Waals surface area contributed by atoms with E-state index in [4.69, 9.17) is 14.2 Å². The Balaban J connectivity index is 1.38. The van der Waals surface area contributed by atoms with Gasteiger partial charge in [0.1, 0.15) is 12.2 Å². The minimum Gasteiger partial charge on any atom is -0.485 e. The molecule has 7 rings (SSSR count). The molecule has 0 aromatic heterocycles. The first-order valence-electron chi connectivity index (χ1n) is 13.1. The maximum atomic E-state index is 13.7. The van der Waals surface area contributed by atoms with Crippen molar-refractivity contribution in [3.63, 3.8) is 0 Å². The monoisotopic (exact) mass is 493 g/mol. The van der Waals surface area contributed by atoms with Crippen LogP contribution in [0, 0.1) is 0 Å². The number of ketones is 1. The van der Waals surface area contributed by atoms with Crippen molar-refractivity contribution in [3.8, 4) is 11.5 Å². The van der Waals surface area contributed by atoms with Crippen LogP contribution in [-0.2, 0) is 34.6 Å². The summed E-state index contributed by atoms with van der Waals surface area (Å²) in [4.78, 5) is 16.1. The fourth-order valence-electron chi connectivity index (χ4n) is 7.39. The van der Waals surface area contributed by atoms with Gasteiger partial charge in [0.15, 0.2) is 22.9 Å². The number of nitrogens with zero attached hydrogens (tertiary/aromatic N) is 1. The zero-order valence-corrected chi connectivity index (χ0v) is 21.3. The lowest BCUT2D eigenvalue weighted by Gasteiger charge is -2.64. The molecule has 3 aromatic rings. The summed E-state index contributed by atoms with van der Waals surface area (Å²) in [6, 6.07) is 24.7. The second kappa shape index (κ2) is 8.04. The molecule has 0 unspecified atom stereocenters. The van der Waals surface area contributed by atoms with E-state index in [1.165, 1.54) is 5.56 Å². The minimum absolute atomic E-state index is 0.00667. The van der Waals surface area contributed by atoms with Gasteiger partial charge in [-0.25, -0.2) is 0 Å². The molecule has 1 saturated heterocycles. The normalized spacial score (nSPS) is 31.1. The molecule has 2 heterocycles. The van der Waals surface area contributed by atoms with Crippen molar-refractivity contribution in [2.75, 3.05) is 13.6 Å². The summed E-state index contributed by atoms with van der Waals surface area (Å²) >= 11 is 0. The van der Waals surface area contributed by atoms with E-state index in [9.17, 15) is 4.79 Å². The maximum absolute atomic E-state index is 13.7. The zero-order chi connectivity index (χ0) is 25.3. The predicted octanol–water partition coefficient (Wildman–Crippen LogP) is 5.01. The van der Waals surface area contributed by atoms with E-state index < -0.39 is 16.6 Å². The van der Waals surface area contributed by atoms with Crippen LogP contribution in [0.3, 0.4) is 0 Å². The van der Waals surface area contributed by atoms with Gasteiger partial charge in [-0.3, -0.25) is 9.69 Å². The van der Waals surface area contributed by atoms with Crippen LogP contribution in [0.2, 0.25) is 0 Å². The molecule has 5 nitrogen and oxygen atoms in total. The molecule has 2 aliphatic carbocycles. The quantitative estimate of drug-likeness (QED) is 0.483. The summed E-state index contributed by atoms with van der Waals surface area (Å²) in [7, 11) is 2.17. The molecule has 0 amide bonds. The molecule has 37 heavy (non-hydrogen) atoms. The van der Waals surface area contributed by atoms with Crippen molar-refractivity contribution < 1.29 is 19.0 Å². The molecule has 4 aliphatic rings. The molecule has 1 fully saturated rings. The van der Waals surface area contributed by atoms with Crippen LogP contribution in [0.4, 0.5) is 0 Å². The number of likely N-dealkylation sites (tertiary alicyclic amines) is 1. The van der Waals surface area contributed by atoms with E-state index in [1.807, 2.05) is 49.4 Å². The number of hydrogen-bond donors (Lipinski definition) is 0. The van der Waals surface area contributed by atoms with Gasteiger partial charge in [0.05, 0.1) is 12.0 Å². The first-order valence-corrected chi connectivity index (χ1v) is 13.1. The number of likely N-dealkylation sites (N-methyl/N-ethyl adjacent to an activating group) is 1. The van der Waals surface area contributed by atoms with Gasteiger partial charge in [0, 0.05) is 11.6 Å². The van der Waals surface area contributed by atoms with Crippen molar-refractivity contribution in [1.82, 2.24) is 4.90 Å². The average molecular weight is 494 g/mol. The van der Waals surface area contributed by atoms with Crippen LogP contribution in [-0.4, -0.2) is 41.5 Å². The molecular weight excluding hydrogens is 462 g/mol. The topological polar surface area (TPSA) is 48.0 Å². The Morgan fingerprint density at radius 3 is 2.41 bits per heavy atom. The number of carbonyl (C=O) groups excluding carboxylic acids is 1. The van der Waals surface area contributed by atoms with Crippen molar-refractivity contribution in [2.24, 2.45) is 0 Å². The van der Waals surface area contributed by atoms with Crippen molar-refractivity contribution in [3.05, 3.63) is 107 Å². The van der Waals surface area contributed by atoms with Gasteiger partial charge in [-0.05, 0) is 68.3 Å². The summed E-state index contributed by atoms with van der Waals surface area (Å²) in [6.45, 7) is 3.75. The van der Waals surface area contributed by atoms with Crippen LogP contribution in [0.1, 0.15) is 35.6 Å². The molecule has 0 saturated carbocycles. The fraction of sp³-hybridized carbons (Fsp3) is 0.344. The Labute approximate surface area is 217 Å². The smallest absolute Gasteiger partial charge is 0.199 e. The van der Waals surface area contributed by atoms with Gasteiger partial charge < -0.3 is 14.2 Å². The minimum atomic E-state index is -1.07. The highest BCUT2D eigenvalue weighted by Gasteiger charge is 2.77. The second-order valence-corrected chi connectivity index (χ2v) is 11.0. The highest BCUT2D eigenvalue weighted by Crippen LogP contribution is 2.68. The third-order valence-electron chi connectivity index (χ3n) is 9.21. The average Bonchev–Trinajstić information content (AvgIpc) is 3.21.